The standard InChI is InChI=1S/C9H13N3O3/c1-7(12-5-3-4-10-12)9(15)11(2)6-8(13)14/h3-5,7H,6H2,1-2H3,(H,13,14)/t7-/m0/s1. The second-order valence-corrected chi connectivity index (χ2v) is 3.25. The fourth-order valence-corrected chi connectivity index (χ4v) is 1.22. The zero-order chi connectivity index (χ0) is 11.4. The zero-order valence-electron chi connectivity index (χ0n) is 8.62. The summed E-state index contributed by atoms with van der Waals surface area (Å²) in [6.45, 7) is 1.37. The van der Waals surface area contributed by atoms with Gasteiger partial charge in [-0.15, -0.1) is 0 Å². The average molecular weight is 211 g/mol. The van der Waals surface area contributed by atoms with Crippen LogP contribution in [0.1, 0.15) is 13.0 Å². The van der Waals surface area contributed by atoms with Crippen molar-refractivity contribution >= 4 is 11.9 Å². The van der Waals surface area contributed by atoms with E-state index in [-0.39, 0.29) is 12.5 Å². The molecule has 1 heterocycles. The highest BCUT2D eigenvalue weighted by atomic mass is 16.4. The highest BCUT2D eigenvalue weighted by Crippen LogP contribution is 2.06. The smallest absolute Gasteiger partial charge is 0.323 e. The number of nitrogens with zero attached hydrogens (tertiary/aromatic N) is 3. The minimum absolute atomic E-state index is 0.277. The van der Waals surface area contributed by atoms with Crippen molar-refractivity contribution in [3.05, 3.63) is 18.5 Å². The first-order valence-corrected chi connectivity index (χ1v) is 4.48. The van der Waals surface area contributed by atoms with Crippen LogP contribution in [0.15, 0.2) is 18.5 Å². The first-order valence-electron chi connectivity index (χ1n) is 4.48. The predicted octanol–water partition coefficient (Wildman–Crippen LogP) is -0.0129. The molecule has 1 rings (SSSR count). The second kappa shape index (κ2) is 4.59. The maximum Gasteiger partial charge on any atom is 0.323 e. The van der Waals surface area contributed by atoms with Gasteiger partial charge in [-0.1, -0.05) is 0 Å². The molecular weight excluding hydrogens is 198 g/mol. The van der Waals surface area contributed by atoms with Crippen LogP contribution in [-0.2, 0) is 9.59 Å². The molecule has 0 aliphatic rings. The van der Waals surface area contributed by atoms with Gasteiger partial charge in [0.2, 0.25) is 5.91 Å². The first-order chi connectivity index (χ1) is 7.02. The van der Waals surface area contributed by atoms with Gasteiger partial charge >= 0.3 is 5.97 Å². The van der Waals surface area contributed by atoms with Gasteiger partial charge in [-0.3, -0.25) is 14.3 Å². The van der Waals surface area contributed by atoms with Gasteiger partial charge in [0.05, 0.1) is 0 Å². The molecular formula is C9H13N3O3. The Morgan fingerprint density at radius 1 is 1.60 bits per heavy atom. The number of aromatic nitrogens is 2. The zero-order valence-corrected chi connectivity index (χ0v) is 8.62. The predicted molar refractivity (Wildman–Crippen MR) is 52.2 cm³/mol. The Morgan fingerprint density at radius 3 is 2.73 bits per heavy atom. The number of carboxylic acid groups (broad SMARTS) is 1. The van der Waals surface area contributed by atoms with E-state index in [4.69, 9.17) is 5.11 Å². The van der Waals surface area contributed by atoms with Gasteiger partial charge in [0.1, 0.15) is 12.6 Å². The Bertz CT molecular complexity index is 347. The summed E-state index contributed by atoms with van der Waals surface area (Å²) in [6, 6.07) is 1.23. The lowest BCUT2D eigenvalue weighted by Crippen LogP contribution is -2.36. The molecule has 1 amide bonds. The van der Waals surface area contributed by atoms with Crippen molar-refractivity contribution in [2.75, 3.05) is 13.6 Å². The van der Waals surface area contributed by atoms with E-state index in [1.807, 2.05) is 0 Å². The molecule has 6 nitrogen and oxygen atoms in total. The summed E-state index contributed by atoms with van der Waals surface area (Å²) in [7, 11) is 1.45. The lowest BCUT2D eigenvalue weighted by Gasteiger charge is -2.19. The molecule has 0 aliphatic carbocycles. The van der Waals surface area contributed by atoms with Crippen molar-refractivity contribution in [3.63, 3.8) is 0 Å². The van der Waals surface area contributed by atoms with Crippen molar-refractivity contribution in [2.45, 2.75) is 13.0 Å². The molecule has 15 heavy (non-hydrogen) atoms. The van der Waals surface area contributed by atoms with Crippen LogP contribution in [0.3, 0.4) is 0 Å². The molecule has 6 heteroatoms. The Kier molecular flexibility index (Phi) is 3.43. The van der Waals surface area contributed by atoms with E-state index >= 15 is 0 Å². The quantitative estimate of drug-likeness (QED) is 0.759. The van der Waals surface area contributed by atoms with E-state index in [2.05, 4.69) is 5.10 Å². The number of carbonyl (C=O) groups is 2. The SMILES string of the molecule is C[C@@H](C(=O)N(C)CC(=O)O)n1cccn1. The molecule has 0 spiro atoms. The van der Waals surface area contributed by atoms with E-state index < -0.39 is 12.0 Å². The molecule has 0 fully saturated rings. The highest BCUT2D eigenvalue weighted by Gasteiger charge is 2.20. The fraction of sp³-hybridized carbons (Fsp3) is 0.444. The molecule has 0 saturated carbocycles. The third-order valence-corrected chi connectivity index (χ3v) is 2.03. The van der Waals surface area contributed by atoms with Crippen molar-refractivity contribution < 1.29 is 14.7 Å². The summed E-state index contributed by atoms with van der Waals surface area (Å²) < 4.78 is 1.49. The number of hydrogen-bond donors (Lipinski definition) is 1. The minimum Gasteiger partial charge on any atom is -0.480 e. The Hall–Kier alpha value is -1.85. The summed E-state index contributed by atoms with van der Waals surface area (Å²) >= 11 is 0. The lowest BCUT2D eigenvalue weighted by molar-refractivity contribution is -0.144. The van der Waals surface area contributed by atoms with Crippen LogP contribution in [0.4, 0.5) is 0 Å². The van der Waals surface area contributed by atoms with Crippen LogP contribution in [0.5, 0.6) is 0 Å². The molecule has 0 bridgehead atoms. The molecule has 0 aromatic carbocycles. The number of likely N-dealkylation sites (N-methyl/N-ethyl adjacent to an activating group) is 1. The highest BCUT2D eigenvalue weighted by molar-refractivity contribution is 5.83. The summed E-state index contributed by atoms with van der Waals surface area (Å²) in [5, 5.41) is 12.4. The molecule has 1 atom stereocenters. The van der Waals surface area contributed by atoms with Crippen LogP contribution in [-0.4, -0.2) is 45.3 Å². The molecule has 1 N–H and O–H groups in total. The van der Waals surface area contributed by atoms with Gasteiger partial charge in [-0.05, 0) is 13.0 Å². The second-order valence-electron chi connectivity index (χ2n) is 3.25. The van der Waals surface area contributed by atoms with Crippen LogP contribution < -0.4 is 0 Å². The van der Waals surface area contributed by atoms with Gasteiger partial charge in [0, 0.05) is 19.4 Å². The van der Waals surface area contributed by atoms with Crippen molar-refractivity contribution in [2.24, 2.45) is 0 Å². The maximum absolute atomic E-state index is 11.7. The topological polar surface area (TPSA) is 75.4 Å². The monoisotopic (exact) mass is 211 g/mol. The lowest BCUT2D eigenvalue weighted by atomic mass is 10.3. The van der Waals surface area contributed by atoms with Crippen LogP contribution >= 0.6 is 0 Å². The number of hydrogen-bond acceptors (Lipinski definition) is 3. The number of rotatable bonds is 4. The summed E-state index contributed by atoms with van der Waals surface area (Å²) in [6.07, 6.45) is 3.23. The van der Waals surface area contributed by atoms with E-state index in [9.17, 15) is 9.59 Å². The summed E-state index contributed by atoms with van der Waals surface area (Å²) in [4.78, 5) is 23.2. The van der Waals surface area contributed by atoms with Crippen LogP contribution in [0.25, 0.3) is 0 Å². The van der Waals surface area contributed by atoms with E-state index in [0.717, 1.165) is 4.90 Å². The van der Waals surface area contributed by atoms with Gasteiger partial charge in [0.25, 0.3) is 0 Å². The average Bonchev–Trinajstić information content (AvgIpc) is 2.67. The molecule has 0 unspecified atom stereocenters. The van der Waals surface area contributed by atoms with E-state index in [1.165, 1.54) is 11.7 Å². The minimum atomic E-state index is -1.03. The third kappa shape index (κ3) is 2.80. The Morgan fingerprint density at radius 2 is 2.27 bits per heavy atom. The molecule has 0 radical (unpaired) electrons. The van der Waals surface area contributed by atoms with Crippen LogP contribution in [0, 0.1) is 0 Å². The summed E-state index contributed by atoms with van der Waals surface area (Å²) in [5.41, 5.74) is 0. The van der Waals surface area contributed by atoms with Gasteiger partial charge in [-0.2, -0.15) is 5.10 Å². The Balaban J connectivity index is 2.64. The molecule has 0 aliphatic heterocycles. The van der Waals surface area contributed by atoms with Crippen molar-refractivity contribution in [1.82, 2.24) is 14.7 Å². The summed E-state index contributed by atoms with van der Waals surface area (Å²) in [5.74, 6) is -1.31. The number of carboxylic acids is 1. The largest absolute Gasteiger partial charge is 0.480 e. The van der Waals surface area contributed by atoms with Crippen LogP contribution in [0.2, 0.25) is 0 Å². The number of carbonyl (C=O) groups excluding carboxylic acids is 1. The van der Waals surface area contributed by atoms with Crippen molar-refractivity contribution in [3.8, 4) is 0 Å². The molecule has 82 valence electrons. The van der Waals surface area contributed by atoms with E-state index in [0.29, 0.717) is 0 Å². The Labute approximate surface area is 87.1 Å². The third-order valence-electron chi connectivity index (χ3n) is 2.03. The van der Waals surface area contributed by atoms with Gasteiger partial charge in [0.15, 0.2) is 0 Å². The molecule has 1 aromatic rings. The van der Waals surface area contributed by atoms with Gasteiger partial charge in [-0.25, -0.2) is 0 Å². The van der Waals surface area contributed by atoms with Gasteiger partial charge < -0.3 is 10.0 Å². The maximum atomic E-state index is 11.7. The molecule has 0 saturated heterocycles. The van der Waals surface area contributed by atoms with Crippen molar-refractivity contribution in [1.29, 1.82) is 0 Å². The first kappa shape index (κ1) is 11.2. The number of amides is 1. The van der Waals surface area contributed by atoms with E-state index in [1.54, 1.807) is 25.4 Å². The fourth-order valence-electron chi connectivity index (χ4n) is 1.22. The number of aliphatic carboxylic acids is 1. The molecule has 1 aromatic heterocycles. The normalized spacial score (nSPS) is 12.1.